The number of anilines is 1. The molecule has 0 heterocycles. The zero-order chi connectivity index (χ0) is 18.4. The van der Waals surface area contributed by atoms with E-state index in [0.717, 1.165) is 25.7 Å². The molecular weight excluding hydrogens is 331 g/mol. The van der Waals surface area contributed by atoms with Crippen molar-refractivity contribution in [1.82, 2.24) is 5.32 Å². The normalized spacial score (nSPS) is 15.1. The van der Waals surface area contributed by atoms with Gasteiger partial charge in [0.15, 0.2) is 0 Å². The molecule has 4 nitrogen and oxygen atoms in total. The van der Waals surface area contributed by atoms with E-state index in [2.05, 4.69) is 10.6 Å². The fraction of sp³-hybridized carbons (Fsp3) is 0.333. The molecule has 0 atom stereocenters. The van der Waals surface area contributed by atoms with Crippen LogP contribution in [0, 0.1) is 5.82 Å². The molecule has 136 valence electrons. The predicted molar refractivity (Wildman–Crippen MR) is 99.8 cm³/mol. The number of benzene rings is 2. The van der Waals surface area contributed by atoms with Crippen molar-refractivity contribution in [2.75, 3.05) is 5.32 Å². The summed E-state index contributed by atoms with van der Waals surface area (Å²) in [6, 6.07) is 12.7. The molecule has 0 saturated heterocycles. The summed E-state index contributed by atoms with van der Waals surface area (Å²) in [6.07, 6.45) is 6.76. The largest absolute Gasteiger partial charge is 0.349 e. The Bertz CT molecular complexity index is 783. The number of carbonyl (C=O) groups excluding carboxylic acids is 2. The maximum Gasteiger partial charge on any atom is 0.258 e. The molecule has 26 heavy (non-hydrogen) atoms. The molecule has 5 heteroatoms. The summed E-state index contributed by atoms with van der Waals surface area (Å²) in [5.74, 6) is -1.25. The highest BCUT2D eigenvalue weighted by atomic mass is 19.1. The van der Waals surface area contributed by atoms with Gasteiger partial charge in [0.05, 0.1) is 5.56 Å². The number of nitrogens with one attached hydrogen (secondary N) is 2. The minimum atomic E-state index is -0.577. The second-order valence-electron chi connectivity index (χ2n) is 6.68. The predicted octanol–water partition coefficient (Wildman–Crippen LogP) is 4.53. The van der Waals surface area contributed by atoms with Crippen LogP contribution in [0.15, 0.2) is 48.5 Å². The fourth-order valence-corrected chi connectivity index (χ4v) is 3.27. The Morgan fingerprint density at radius 3 is 2.35 bits per heavy atom. The lowest BCUT2D eigenvalue weighted by atomic mass is 10.1. The third-order valence-corrected chi connectivity index (χ3v) is 4.69. The van der Waals surface area contributed by atoms with Crippen molar-refractivity contribution in [3.63, 3.8) is 0 Å². The van der Waals surface area contributed by atoms with Gasteiger partial charge in [-0.25, -0.2) is 4.39 Å². The monoisotopic (exact) mass is 354 g/mol. The van der Waals surface area contributed by atoms with Gasteiger partial charge in [-0.1, -0.05) is 43.9 Å². The van der Waals surface area contributed by atoms with Gasteiger partial charge in [0.2, 0.25) is 0 Å². The lowest BCUT2D eigenvalue weighted by Gasteiger charge is -2.16. The van der Waals surface area contributed by atoms with Gasteiger partial charge in [-0.05, 0) is 43.2 Å². The van der Waals surface area contributed by atoms with E-state index >= 15 is 0 Å². The molecule has 0 spiro atoms. The van der Waals surface area contributed by atoms with Gasteiger partial charge >= 0.3 is 0 Å². The van der Waals surface area contributed by atoms with Crippen LogP contribution in [-0.4, -0.2) is 17.9 Å². The molecule has 0 aliphatic heterocycles. The quantitative estimate of drug-likeness (QED) is 0.793. The van der Waals surface area contributed by atoms with E-state index in [1.807, 2.05) is 0 Å². The third-order valence-electron chi connectivity index (χ3n) is 4.69. The first-order valence-corrected chi connectivity index (χ1v) is 9.10. The first-order valence-electron chi connectivity index (χ1n) is 9.10. The highest BCUT2D eigenvalue weighted by Gasteiger charge is 2.16. The molecule has 0 unspecified atom stereocenters. The SMILES string of the molecule is O=C(NC1CCCCCC1)c1cccc(NC(=O)c2ccccc2F)c1. The van der Waals surface area contributed by atoms with Crippen LogP contribution in [0.4, 0.5) is 10.1 Å². The summed E-state index contributed by atoms with van der Waals surface area (Å²) < 4.78 is 13.7. The van der Waals surface area contributed by atoms with Crippen LogP contribution in [0.3, 0.4) is 0 Å². The van der Waals surface area contributed by atoms with Gasteiger partial charge in [-0.15, -0.1) is 0 Å². The Morgan fingerprint density at radius 2 is 1.62 bits per heavy atom. The minimum absolute atomic E-state index is 0.0270. The minimum Gasteiger partial charge on any atom is -0.349 e. The average molecular weight is 354 g/mol. The van der Waals surface area contributed by atoms with Gasteiger partial charge in [0.1, 0.15) is 5.82 Å². The van der Waals surface area contributed by atoms with Crippen LogP contribution < -0.4 is 10.6 Å². The van der Waals surface area contributed by atoms with Crippen LogP contribution in [0.25, 0.3) is 0 Å². The average Bonchev–Trinajstić information content (AvgIpc) is 2.91. The summed E-state index contributed by atoms with van der Waals surface area (Å²) in [6.45, 7) is 0. The molecule has 1 saturated carbocycles. The molecule has 1 aliphatic rings. The number of amides is 2. The molecule has 1 aliphatic carbocycles. The standard InChI is InChI=1S/C21H23FN2O2/c22-19-13-6-5-12-18(19)21(26)24-17-11-7-8-15(14-17)20(25)23-16-9-3-1-2-4-10-16/h5-8,11-14,16H,1-4,9-10H2,(H,23,25)(H,24,26). The molecule has 2 amide bonds. The van der Waals surface area contributed by atoms with Crippen LogP contribution in [-0.2, 0) is 0 Å². The zero-order valence-corrected chi connectivity index (χ0v) is 14.6. The molecule has 3 rings (SSSR count). The van der Waals surface area contributed by atoms with Gasteiger partial charge in [0.25, 0.3) is 11.8 Å². The van der Waals surface area contributed by atoms with Crippen LogP contribution in [0.1, 0.15) is 59.2 Å². The van der Waals surface area contributed by atoms with Crippen LogP contribution in [0.5, 0.6) is 0 Å². The second-order valence-corrected chi connectivity index (χ2v) is 6.68. The van der Waals surface area contributed by atoms with Gasteiger partial charge < -0.3 is 10.6 Å². The van der Waals surface area contributed by atoms with Crippen molar-refractivity contribution < 1.29 is 14.0 Å². The van der Waals surface area contributed by atoms with Gasteiger partial charge in [0, 0.05) is 17.3 Å². The highest BCUT2D eigenvalue weighted by molar-refractivity contribution is 6.05. The Hall–Kier alpha value is -2.69. The van der Waals surface area contributed by atoms with Crippen molar-refractivity contribution >= 4 is 17.5 Å². The van der Waals surface area contributed by atoms with Crippen molar-refractivity contribution in [2.24, 2.45) is 0 Å². The third kappa shape index (κ3) is 4.69. The highest BCUT2D eigenvalue weighted by Crippen LogP contribution is 2.19. The number of carbonyl (C=O) groups is 2. The van der Waals surface area contributed by atoms with E-state index in [-0.39, 0.29) is 17.5 Å². The van der Waals surface area contributed by atoms with E-state index in [1.165, 1.54) is 31.0 Å². The molecule has 2 aromatic rings. The summed E-state index contributed by atoms with van der Waals surface area (Å²) in [5, 5.41) is 5.73. The van der Waals surface area contributed by atoms with Crippen LogP contribution in [0.2, 0.25) is 0 Å². The van der Waals surface area contributed by atoms with E-state index < -0.39 is 11.7 Å². The van der Waals surface area contributed by atoms with Gasteiger partial charge in [-0.3, -0.25) is 9.59 Å². The molecule has 0 radical (unpaired) electrons. The molecular formula is C21H23FN2O2. The Labute approximate surface area is 152 Å². The van der Waals surface area contributed by atoms with E-state index in [0.29, 0.717) is 11.3 Å². The van der Waals surface area contributed by atoms with Gasteiger partial charge in [-0.2, -0.15) is 0 Å². The molecule has 0 bridgehead atoms. The van der Waals surface area contributed by atoms with Crippen molar-refractivity contribution in [2.45, 2.75) is 44.6 Å². The topological polar surface area (TPSA) is 58.2 Å². The van der Waals surface area contributed by atoms with Crippen LogP contribution >= 0.6 is 0 Å². The molecule has 2 N–H and O–H groups in total. The maximum atomic E-state index is 13.7. The number of rotatable bonds is 4. The second kappa shape index (κ2) is 8.61. The van der Waals surface area contributed by atoms with E-state index in [9.17, 15) is 14.0 Å². The molecule has 0 aromatic heterocycles. The number of hydrogen-bond donors (Lipinski definition) is 2. The summed E-state index contributed by atoms with van der Waals surface area (Å²) >= 11 is 0. The maximum absolute atomic E-state index is 13.7. The van der Waals surface area contributed by atoms with E-state index in [4.69, 9.17) is 0 Å². The Balaban J connectivity index is 1.66. The zero-order valence-electron chi connectivity index (χ0n) is 14.6. The fourth-order valence-electron chi connectivity index (χ4n) is 3.27. The first-order chi connectivity index (χ1) is 12.6. The number of hydrogen-bond acceptors (Lipinski definition) is 2. The lowest BCUT2D eigenvalue weighted by Crippen LogP contribution is -2.34. The summed E-state index contributed by atoms with van der Waals surface area (Å²) in [7, 11) is 0. The van der Waals surface area contributed by atoms with E-state index in [1.54, 1.807) is 30.3 Å². The summed E-state index contributed by atoms with van der Waals surface area (Å²) in [5.41, 5.74) is 0.924. The van der Waals surface area contributed by atoms with Crippen molar-refractivity contribution in [3.8, 4) is 0 Å². The molecule has 2 aromatic carbocycles. The Kier molecular flexibility index (Phi) is 6.00. The van der Waals surface area contributed by atoms with Crippen molar-refractivity contribution in [1.29, 1.82) is 0 Å². The molecule has 1 fully saturated rings. The Morgan fingerprint density at radius 1 is 0.885 bits per heavy atom. The lowest BCUT2D eigenvalue weighted by molar-refractivity contribution is 0.0932. The summed E-state index contributed by atoms with van der Waals surface area (Å²) in [4.78, 5) is 24.7. The number of halogens is 1. The van der Waals surface area contributed by atoms with Crippen molar-refractivity contribution in [3.05, 3.63) is 65.5 Å². The first kappa shape index (κ1) is 18.1. The smallest absolute Gasteiger partial charge is 0.258 e.